The summed E-state index contributed by atoms with van der Waals surface area (Å²) in [6.45, 7) is 10.3. The summed E-state index contributed by atoms with van der Waals surface area (Å²) in [6.07, 6.45) is 2.79. The van der Waals surface area contributed by atoms with Gasteiger partial charge in [-0.1, -0.05) is 27.7 Å². The Morgan fingerprint density at radius 3 is 2.47 bits per heavy atom. The first kappa shape index (κ1) is 22.9. The Morgan fingerprint density at radius 1 is 1.16 bits per heavy atom. The van der Waals surface area contributed by atoms with E-state index in [1.54, 1.807) is 0 Å². The molecule has 176 valence electrons. The molecule has 1 heterocycles. The Labute approximate surface area is 189 Å². The van der Waals surface area contributed by atoms with Crippen LogP contribution in [0.15, 0.2) is 6.07 Å². The van der Waals surface area contributed by atoms with Crippen molar-refractivity contribution in [2.45, 2.75) is 79.1 Å². The summed E-state index contributed by atoms with van der Waals surface area (Å²) in [7, 11) is 0. The van der Waals surface area contributed by atoms with Gasteiger partial charge in [0, 0.05) is 17.9 Å². The van der Waals surface area contributed by atoms with Crippen molar-refractivity contribution in [3.63, 3.8) is 0 Å². The lowest BCUT2D eigenvalue weighted by molar-refractivity contribution is -0.173. The molecule has 0 radical (unpaired) electrons. The Hall–Kier alpha value is -2.28. The minimum atomic E-state index is -1.28. The number of phenols is 2. The fourth-order valence-electron chi connectivity index (χ4n) is 6.87. The summed E-state index contributed by atoms with van der Waals surface area (Å²) in [4.78, 5) is 23.7. The lowest BCUT2D eigenvalue weighted by Crippen LogP contribution is -2.55. The smallest absolute Gasteiger partial charge is 0.302 e. The molecule has 1 amide bonds. The molecule has 0 saturated heterocycles. The minimum absolute atomic E-state index is 0.110. The molecule has 7 heteroatoms. The monoisotopic (exact) mass is 445 g/mol. The van der Waals surface area contributed by atoms with Gasteiger partial charge in [-0.05, 0) is 61.3 Å². The minimum Gasteiger partial charge on any atom is -0.508 e. The third kappa shape index (κ3) is 3.36. The number of amides is 1. The van der Waals surface area contributed by atoms with Gasteiger partial charge in [-0.15, -0.1) is 0 Å². The van der Waals surface area contributed by atoms with E-state index in [9.17, 15) is 24.9 Å². The summed E-state index contributed by atoms with van der Waals surface area (Å²) >= 11 is 0. The number of aliphatic hydroxyl groups excluding tert-OH is 1. The predicted molar refractivity (Wildman–Crippen MR) is 118 cm³/mol. The number of phenolic OH excluding ortho intramolecular Hbond substituents is 2. The third-order valence-corrected chi connectivity index (χ3v) is 8.97. The van der Waals surface area contributed by atoms with E-state index >= 15 is 0 Å². The van der Waals surface area contributed by atoms with Crippen molar-refractivity contribution < 1.29 is 29.6 Å². The van der Waals surface area contributed by atoms with Gasteiger partial charge in [0.1, 0.15) is 17.6 Å². The zero-order valence-corrected chi connectivity index (χ0v) is 19.6. The number of hydrogen-bond donors (Lipinski definition) is 4. The summed E-state index contributed by atoms with van der Waals surface area (Å²) in [5.74, 6) is -0.0560. The molecule has 2 fully saturated rings. The number of fused-ring (bicyclic) bond motifs is 2. The van der Waals surface area contributed by atoms with E-state index in [2.05, 4.69) is 33.0 Å². The fraction of sp³-hybridized carbons (Fsp3) is 0.680. The van der Waals surface area contributed by atoms with Crippen LogP contribution in [0, 0.1) is 28.6 Å². The van der Waals surface area contributed by atoms with Crippen molar-refractivity contribution >= 4 is 11.9 Å². The van der Waals surface area contributed by atoms with Gasteiger partial charge in [-0.2, -0.15) is 0 Å². The molecular weight excluding hydrogens is 410 g/mol. The highest BCUT2D eigenvalue weighted by Gasteiger charge is 2.56. The first-order chi connectivity index (χ1) is 14.9. The standard InChI is InChI=1S/C25H35NO6/c1-12-6-7-16-17(8-9-19(24(16,3)4)32-13(2)27)25(12,5)11-15-18(28)10-14-20(21(15)29)23(31)26-22(14)30/h10,12,16-17,19,23,28-29,31H,6-9,11H2,1-5H3,(H,26,30)/t12-,16?,17?,19-,23?,25+/m0/s1. The molecule has 0 spiro atoms. The predicted octanol–water partition coefficient (Wildman–Crippen LogP) is 3.79. The normalized spacial score (nSPS) is 35.6. The van der Waals surface area contributed by atoms with Crippen molar-refractivity contribution in [1.29, 1.82) is 0 Å². The second kappa shape index (κ2) is 7.65. The maximum absolute atomic E-state index is 12.0. The molecule has 1 aromatic rings. The molecule has 4 rings (SSSR count). The maximum Gasteiger partial charge on any atom is 0.302 e. The molecule has 6 atom stereocenters. The number of esters is 1. The van der Waals surface area contributed by atoms with Crippen LogP contribution in [-0.2, 0) is 16.0 Å². The van der Waals surface area contributed by atoms with Gasteiger partial charge in [-0.25, -0.2) is 0 Å². The summed E-state index contributed by atoms with van der Waals surface area (Å²) < 4.78 is 5.69. The highest BCUT2D eigenvalue weighted by Crippen LogP contribution is 2.61. The van der Waals surface area contributed by atoms with Crippen LogP contribution >= 0.6 is 0 Å². The van der Waals surface area contributed by atoms with Gasteiger partial charge in [0.2, 0.25) is 0 Å². The number of carbonyl (C=O) groups is 2. The van der Waals surface area contributed by atoms with E-state index in [0.717, 1.165) is 25.7 Å². The number of nitrogens with one attached hydrogen (secondary N) is 1. The zero-order chi connectivity index (χ0) is 23.6. The van der Waals surface area contributed by atoms with Gasteiger partial charge < -0.3 is 25.4 Å². The number of ether oxygens (including phenoxy) is 1. The molecule has 1 aliphatic heterocycles. The molecule has 7 nitrogen and oxygen atoms in total. The molecule has 2 aliphatic carbocycles. The van der Waals surface area contributed by atoms with Gasteiger partial charge in [0.05, 0.1) is 11.1 Å². The van der Waals surface area contributed by atoms with Crippen LogP contribution in [0.25, 0.3) is 0 Å². The fourth-order valence-corrected chi connectivity index (χ4v) is 6.87. The Kier molecular flexibility index (Phi) is 5.47. The average molecular weight is 446 g/mol. The molecule has 3 aliphatic rings. The number of hydrogen-bond acceptors (Lipinski definition) is 6. The number of aromatic hydroxyl groups is 2. The van der Waals surface area contributed by atoms with Crippen LogP contribution in [0.4, 0.5) is 0 Å². The van der Waals surface area contributed by atoms with Crippen molar-refractivity contribution in [3.8, 4) is 11.5 Å². The lowest BCUT2D eigenvalue weighted by Gasteiger charge is -2.59. The molecule has 0 aromatic heterocycles. The van der Waals surface area contributed by atoms with Crippen LogP contribution in [0.3, 0.4) is 0 Å². The maximum atomic E-state index is 12.0. The van der Waals surface area contributed by atoms with Gasteiger partial charge in [0.15, 0.2) is 6.23 Å². The van der Waals surface area contributed by atoms with Crippen molar-refractivity contribution in [3.05, 3.63) is 22.8 Å². The van der Waals surface area contributed by atoms with Gasteiger partial charge >= 0.3 is 5.97 Å². The summed E-state index contributed by atoms with van der Waals surface area (Å²) in [5.41, 5.74) is 0.245. The van der Waals surface area contributed by atoms with Crippen LogP contribution < -0.4 is 5.32 Å². The second-order valence-corrected chi connectivity index (χ2v) is 10.9. The van der Waals surface area contributed by atoms with Crippen molar-refractivity contribution in [1.82, 2.24) is 5.32 Å². The first-order valence-electron chi connectivity index (χ1n) is 11.6. The van der Waals surface area contributed by atoms with Crippen LogP contribution in [0.5, 0.6) is 11.5 Å². The largest absolute Gasteiger partial charge is 0.508 e. The van der Waals surface area contributed by atoms with Crippen molar-refractivity contribution in [2.24, 2.45) is 28.6 Å². The molecule has 1 aromatic carbocycles. The van der Waals surface area contributed by atoms with Crippen LogP contribution in [0.2, 0.25) is 0 Å². The highest BCUT2D eigenvalue weighted by atomic mass is 16.5. The number of benzene rings is 1. The van der Waals surface area contributed by atoms with E-state index in [-0.39, 0.29) is 45.5 Å². The topological polar surface area (TPSA) is 116 Å². The molecular formula is C25H35NO6. The van der Waals surface area contributed by atoms with E-state index < -0.39 is 12.1 Å². The van der Waals surface area contributed by atoms with E-state index in [4.69, 9.17) is 4.74 Å². The zero-order valence-electron chi connectivity index (χ0n) is 19.6. The number of rotatable bonds is 3. The van der Waals surface area contributed by atoms with Crippen LogP contribution in [0.1, 0.15) is 88.0 Å². The third-order valence-electron chi connectivity index (χ3n) is 8.97. The molecule has 4 N–H and O–H groups in total. The molecule has 32 heavy (non-hydrogen) atoms. The second-order valence-electron chi connectivity index (χ2n) is 10.9. The summed E-state index contributed by atoms with van der Waals surface area (Å²) in [5, 5.41) is 34.3. The van der Waals surface area contributed by atoms with E-state index in [1.165, 1.54) is 13.0 Å². The number of carbonyl (C=O) groups excluding carboxylic acids is 2. The molecule has 2 saturated carbocycles. The Balaban J connectivity index is 1.71. The average Bonchev–Trinajstić information content (AvgIpc) is 2.97. The molecule has 3 unspecified atom stereocenters. The quantitative estimate of drug-likeness (QED) is 0.526. The highest BCUT2D eigenvalue weighted by molar-refractivity contribution is 6.00. The SMILES string of the molecule is CC(=O)O[C@H]1CCC2C(CC[C@H](C)[C@@]2(C)Cc2c(O)cc3c(c2O)C(O)NC3=O)C1(C)C. The van der Waals surface area contributed by atoms with Crippen molar-refractivity contribution in [2.75, 3.05) is 0 Å². The molecule has 0 bridgehead atoms. The lowest BCUT2D eigenvalue weighted by atomic mass is 9.47. The Morgan fingerprint density at radius 2 is 1.81 bits per heavy atom. The number of aliphatic hydroxyl groups is 1. The van der Waals surface area contributed by atoms with E-state index in [0.29, 0.717) is 29.7 Å². The van der Waals surface area contributed by atoms with E-state index in [1.807, 2.05) is 0 Å². The van der Waals surface area contributed by atoms with Gasteiger partial charge in [-0.3, -0.25) is 9.59 Å². The summed E-state index contributed by atoms with van der Waals surface area (Å²) in [6, 6.07) is 1.35. The first-order valence-corrected chi connectivity index (χ1v) is 11.6. The van der Waals surface area contributed by atoms with Crippen LogP contribution in [-0.4, -0.2) is 33.3 Å². The Bertz CT molecular complexity index is 956. The van der Waals surface area contributed by atoms with Gasteiger partial charge in [0.25, 0.3) is 5.91 Å².